The summed E-state index contributed by atoms with van der Waals surface area (Å²) in [6.45, 7) is 3.63. The Hall–Kier alpha value is -2.70. The highest BCUT2D eigenvalue weighted by molar-refractivity contribution is 7.89. The molecule has 140 valence electrons. The first-order valence-corrected chi connectivity index (χ1v) is 10.0. The SMILES string of the molecule is Cc1cc(C)cc(NC(=O)CN(C)S(=O)(=O)c2ccc3ccccc3c2)c1. The molecular weight excluding hydrogens is 360 g/mol. The van der Waals surface area contributed by atoms with Crippen molar-refractivity contribution < 1.29 is 13.2 Å². The summed E-state index contributed by atoms with van der Waals surface area (Å²) in [5, 5.41) is 4.57. The van der Waals surface area contributed by atoms with Crippen LogP contribution in [-0.4, -0.2) is 32.2 Å². The second-order valence-electron chi connectivity index (χ2n) is 6.69. The van der Waals surface area contributed by atoms with Gasteiger partial charge in [0.1, 0.15) is 0 Å². The van der Waals surface area contributed by atoms with Gasteiger partial charge in [0, 0.05) is 12.7 Å². The van der Waals surface area contributed by atoms with Gasteiger partial charge in [-0.2, -0.15) is 4.31 Å². The molecule has 27 heavy (non-hydrogen) atoms. The molecule has 5 nitrogen and oxygen atoms in total. The van der Waals surface area contributed by atoms with Crippen molar-refractivity contribution in [2.45, 2.75) is 18.7 Å². The standard InChI is InChI=1S/C21H22N2O3S/c1-15-10-16(2)12-19(11-15)22-21(24)14-23(3)27(25,26)20-9-8-17-6-4-5-7-18(17)13-20/h4-13H,14H2,1-3H3,(H,22,24). The number of rotatable bonds is 5. The smallest absolute Gasteiger partial charge is 0.243 e. The second-order valence-corrected chi connectivity index (χ2v) is 8.74. The molecule has 0 heterocycles. The van der Waals surface area contributed by atoms with Crippen LogP contribution in [0.2, 0.25) is 0 Å². The van der Waals surface area contributed by atoms with E-state index in [9.17, 15) is 13.2 Å². The zero-order valence-corrected chi connectivity index (χ0v) is 16.4. The molecule has 0 aliphatic heterocycles. The quantitative estimate of drug-likeness (QED) is 0.731. The van der Waals surface area contributed by atoms with Crippen LogP contribution in [0.4, 0.5) is 5.69 Å². The molecule has 0 saturated carbocycles. The number of sulfonamides is 1. The highest BCUT2D eigenvalue weighted by Crippen LogP contribution is 2.21. The first-order valence-electron chi connectivity index (χ1n) is 8.59. The van der Waals surface area contributed by atoms with E-state index in [0.29, 0.717) is 5.69 Å². The molecule has 3 aromatic carbocycles. The number of hydrogen-bond donors (Lipinski definition) is 1. The van der Waals surface area contributed by atoms with Crippen molar-refractivity contribution in [1.29, 1.82) is 0 Å². The number of benzene rings is 3. The predicted octanol–water partition coefficient (Wildman–Crippen LogP) is 3.72. The molecule has 3 aromatic rings. The third-order valence-corrected chi connectivity index (χ3v) is 6.10. The van der Waals surface area contributed by atoms with Crippen LogP contribution in [-0.2, 0) is 14.8 Å². The summed E-state index contributed by atoms with van der Waals surface area (Å²) < 4.78 is 26.7. The van der Waals surface area contributed by atoms with Crippen LogP contribution in [0.25, 0.3) is 10.8 Å². The van der Waals surface area contributed by atoms with Crippen molar-refractivity contribution in [1.82, 2.24) is 4.31 Å². The van der Waals surface area contributed by atoms with Gasteiger partial charge >= 0.3 is 0 Å². The summed E-state index contributed by atoms with van der Waals surface area (Å²) in [4.78, 5) is 12.5. The van der Waals surface area contributed by atoms with E-state index in [2.05, 4.69) is 5.32 Å². The lowest BCUT2D eigenvalue weighted by molar-refractivity contribution is -0.116. The van der Waals surface area contributed by atoms with Gasteiger partial charge in [-0.25, -0.2) is 8.42 Å². The van der Waals surface area contributed by atoms with Gasteiger partial charge in [0.15, 0.2) is 0 Å². The Balaban J connectivity index is 1.76. The number of aryl methyl sites for hydroxylation is 2. The van der Waals surface area contributed by atoms with Crippen LogP contribution in [0.3, 0.4) is 0 Å². The van der Waals surface area contributed by atoms with Crippen molar-refractivity contribution in [2.24, 2.45) is 0 Å². The minimum Gasteiger partial charge on any atom is -0.325 e. The van der Waals surface area contributed by atoms with Crippen molar-refractivity contribution in [2.75, 3.05) is 18.9 Å². The number of nitrogens with zero attached hydrogens (tertiary/aromatic N) is 1. The molecule has 6 heteroatoms. The van der Waals surface area contributed by atoms with Crippen molar-refractivity contribution in [3.63, 3.8) is 0 Å². The molecule has 0 saturated heterocycles. The number of nitrogens with one attached hydrogen (secondary N) is 1. The van der Waals surface area contributed by atoms with E-state index >= 15 is 0 Å². The number of carbonyl (C=O) groups excluding carboxylic acids is 1. The molecule has 0 aliphatic carbocycles. The minimum atomic E-state index is -3.76. The number of likely N-dealkylation sites (N-methyl/N-ethyl adjacent to an activating group) is 1. The number of amides is 1. The van der Waals surface area contributed by atoms with Crippen LogP contribution >= 0.6 is 0 Å². The van der Waals surface area contributed by atoms with Gasteiger partial charge in [-0.3, -0.25) is 4.79 Å². The minimum absolute atomic E-state index is 0.169. The Morgan fingerprint density at radius 2 is 1.56 bits per heavy atom. The molecule has 1 N–H and O–H groups in total. The lowest BCUT2D eigenvalue weighted by Crippen LogP contribution is -2.35. The average Bonchev–Trinajstić information content (AvgIpc) is 2.60. The number of hydrogen-bond acceptors (Lipinski definition) is 3. The second kappa shape index (κ2) is 7.50. The summed E-state index contributed by atoms with van der Waals surface area (Å²) in [6, 6.07) is 18.2. The number of fused-ring (bicyclic) bond motifs is 1. The van der Waals surface area contributed by atoms with Gasteiger partial charge < -0.3 is 5.32 Å². The third kappa shape index (κ3) is 4.35. The third-order valence-electron chi connectivity index (χ3n) is 4.30. The van der Waals surface area contributed by atoms with Crippen LogP contribution in [0.5, 0.6) is 0 Å². The van der Waals surface area contributed by atoms with Crippen LogP contribution < -0.4 is 5.32 Å². The fourth-order valence-corrected chi connectivity index (χ4v) is 4.21. The first kappa shape index (κ1) is 19.1. The summed E-state index contributed by atoms with van der Waals surface area (Å²) in [5.74, 6) is -0.383. The molecule has 0 aliphatic rings. The van der Waals surface area contributed by atoms with Crippen molar-refractivity contribution >= 4 is 32.4 Å². The molecule has 1 amide bonds. The summed E-state index contributed by atoms with van der Waals surface area (Å²) in [5.41, 5.74) is 2.72. The van der Waals surface area contributed by atoms with Crippen molar-refractivity contribution in [3.8, 4) is 0 Å². The van der Waals surface area contributed by atoms with Crippen LogP contribution in [0, 0.1) is 13.8 Å². The predicted molar refractivity (Wildman–Crippen MR) is 108 cm³/mol. The Bertz CT molecular complexity index is 1090. The molecule has 0 spiro atoms. The van der Waals surface area contributed by atoms with E-state index in [1.165, 1.54) is 7.05 Å². The normalized spacial score (nSPS) is 11.7. The molecule has 0 aromatic heterocycles. The van der Waals surface area contributed by atoms with E-state index in [4.69, 9.17) is 0 Å². The van der Waals surface area contributed by atoms with E-state index in [1.807, 2.05) is 56.3 Å². The van der Waals surface area contributed by atoms with Crippen molar-refractivity contribution in [3.05, 3.63) is 71.8 Å². The monoisotopic (exact) mass is 382 g/mol. The molecule has 3 rings (SSSR count). The van der Waals surface area contributed by atoms with Gasteiger partial charge in [-0.1, -0.05) is 36.4 Å². The fourth-order valence-electron chi connectivity index (χ4n) is 3.04. The maximum Gasteiger partial charge on any atom is 0.243 e. The summed E-state index contributed by atoms with van der Waals surface area (Å²) in [7, 11) is -2.35. The highest BCUT2D eigenvalue weighted by atomic mass is 32.2. The summed E-state index contributed by atoms with van der Waals surface area (Å²) >= 11 is 0. The topological polar surface area (TPSA) is 66.5 Å². The largest absolute Gasteiger partial charge is 0.325 e. The first-order chi connectivity index (χ1) is 12.8. The lowest BCUT2D eigenvalue weighted by atomic mass is 10.1. The van der Waals surface area contributed by atoms with Crippen LogP contribution in [0.15, 0.2) is 65.6 Å². The summed E-state index contributed by atoms with van der Waals surface area (Å²) in [6.07, 6.45) is 0. The van der Waals surface area contributed by atoms with E-state index in [-0.39, 0.29) is 17.3 Å². The highest BCUT2D eigenvalue weighted by Gasteiger charge is 2.23. The Morgan fingerprint density at radius 1 is 0.926 bits per heavy atom. The van der Waals surface area contributed by atoms with E-state index < -0.39 is 10.0 Å². The Labute approximate surface area is 159 Å². The molecule has 0 atom stereocenters. The zero-order chi connectivity index (χ0) is 19.6. The van der Waals surface area contributed by atoms with E-state index in [1.54, 1.807) is 18.2 Å². The Kier molecular flexibility index (Phi) is 5.30. The maximum absolute atomic E-state index is 12.8. The van der Waals surface area contributed by atoms with Gasteiger partial charge in [-0.05, 0) is 60.0 Å². The van der Waals surface area contributed by atoms with E-state index in [0.717, 1.165) is 26.2 Å². The maximum atomic E-state index is 12.8. The van der Waals surface area contributed by atoms with Gasteiger partial charge in [0.05, 0.1) is 11.4 Å². The zero-order valence-electron chi connectivity index (χ0n) is 15.6. The number of carbonyl (C=O) groups is 1. The molecule has 0 radical (unpaired) electrons. The lowest BCUT2D eigenvalue weighted by Gasteiger charge is -2.17. The molecule has 0 fully saturated rings. The number of anilines is 1. The molecule has 0 bridgehead atoms. The van der Waals surface area contributed by atoms with Crippen LogP contribution in [0.1, 0.15) is 11.1 Å². The average molecular weight is 382 g/mol. The Morgan fingerprint density at radius 3 is 2.22 bits per heavy atom. The molecular formula is C21H22N2O3S. The van der Waals surface area contributed by atoms with Gasteiger partial charge in [0.25, 0.3) is 0 Å². The molecule has 0 unspecified atom stereocenters. The fraction of sp³-hybridized carbons (Fsp3) is 0.190. The van der Waals surface area contributed by atoms with Gasteiger partial charge in [-0.15, -0.1) is 0 Å². The van der Waals surface area contributed by atoms with Gasteiger partial charge in [0.2, 0.25) is 15.9 Å².